The first-order valence-electron chi connectivity index (χ1n) is 5.53. The summed E-state index contributed by atoms with van der Waals surface area (Å²) in [5, 5.41) is 13.8. The summed E-state index contributed by atoms with van der Waals surface area (Å²) in [4.78, 5) is 21.2. The number of nitro groups is 1. The van der Waals surface area contributed by atoms with Gasteiger partial charge in [0.2, 0.25) is 5.91 Å². The van der Waals surface area contributed by atoms with Crippen LogP contribution in [0.2, 0.25) is 0 Å². The molecule has 0 bridgehead atoms. The Kier molecular flexibility index (Phi) is 3.90. The maximum absolute atomic E-state index is 10.9. The van der Waals surface area contributed by atoms with Crippen LogP contribution in [-0.4, -0.2) is 16.4 Å². The third kappa shape index (κ3) is 3.73. The Balaban J connectivity index is 2.99. The van der Waals surface area contributed by atoms with E-state index in [2.05, 4.69) is 5.32 Å². The van der Waals surface area contributed by atoms with Crippen molar-refractivity contribution in [1.29, 1.82) is 0 Å². The van der Waals surface area contributed by atoms with Gasteiger partial charge in [0, 0.05) is 29.8 Å². The summed E-state index contributed by atoms with van der Waals surface area (Å²) in [6, 6.07) is 4.57. The van der Waals surface area contributed by atoms with Gasteiger partial charge in [-0.3, -0.25) is 14.9 Å². The highest BCUT2D eigenvalue weighted by Gasteiger charge is 2.21. The van der Waals surface area contributed by atoms with Gasteiger partial charge in [0.1, 0.15) is 0 Å². The molecular formula is C12H17N3O3. The van der Waals surface area contributed by atoms with Crippen LogP contribution in [0.3, 0.4) is 0 Å². The van der Waals surface area contributed by atoms with Gasteiger partial charge in [-0.05, 0) is 26.3 Å². The number of benzene rings is 1. The summed E-state index contributed by atoms with van der Waals surface area (Å²) in [5.74, 6) is -0.421. The lowest BCUT2D eigenvalue weighted by Crippen LogP contribution is -2.36. The lowest BCUT2D eigenvalue weighted by molar-refractivity contribution is -0.384. The Labute approximate surface area is 105 Å². The van der Waals surface area contributed by atoms with Crippen molar-refractivity contribution in [1.82, 2.24) is 0 Å². The standard InChI is InChI=1S/C12H17N3O3/c1-8-4-5-9(15(17)18)6-10(8)14-12(2,3)7-11(13)16/h4-6,14H,7H2,1-3H3,(H2,13,16). The van der Waals surface area contributed by atoms with Crippen molar-refractivity contribution in [3.05, 3.63) is 33.9 Å². The van der Waals surface area contributed by atoms with Crippen LogP contribution >= 0.6 is 0 Å². The molecule has 0 atom stereocenters. The SMILES string of the molecule is Cc1ccc([N+](=O)[O-])cc1NC(C)(C)CC(N)=O. The molecule has 6 nitrogen and oxygen atoms in total. The molecule has 0 radical (unpaired) electrons. The van der Waals surface area contributed by atoms with Gasteiger partial charge < -0.3 is 11.1 Å². The van der Waals surface area contributed by atoms with Gasteiger partial charge in [-0.1, -0.05) is 6.07 Å². The average molecular weight is 251 g/mol. The second-order valence-electron chi connectivity index (χ2n) is 4.91. The second kappa shape index (κ2) is 5.03. The van der Waals surface area contributed by atoms with Crippen LogP contribution < -0.4 is 11.1 Å². The van der Waals surface area contributed by atoms with E-state index in [1.54, 1.807) is 6.07 Å². The van der Waals surface area contributed by atoms with Gasteiger partial charge in [0.05, 0.1) is 4.92 Å². The van der Waals surface area contributed by atoms with Crippen molar-refractivity contribution in [3.63, 3.8) is 0 Å². The van der Waals surface area contributed by atoms with E-state index in [0.717, 1.165) is 5.56 Å². The highest BCUT2D eigenvalue weighted by Crippen LogP contribution is 2.25. The van der Waals surface area contributed by atoms with Crippen LogP contribution in [0.1, 0.15) is 25.8 Å². The minimum Gasteiger partial charge on any atom is -0.379 e. The Hall–Kier alpha value is -2.11. The number of carbonyl (C=O) groups is 1. The number of nitrogens with two attached hydrogens (primary N) is 1. The first-order chi connectivity index (χ1) is 8.21. The molecule has 0 unspecified atom stereocenters. The number of amides is 1. The van der Waals surface area contributed by atoms with Crippen molar-refractivity contribution >= 4 is 17.3 Å². The highest BCUT2D eigenvalue weighted by molar-refractivity contribution is 5.76. The quantitative estimate of drug-likeness (QED) is 0.617. The Bertz CT molecular complexity index is 483. The molecule has 0 aromatic heterocycles. The van der Waals surface area contributed by atoms with Crippen molar-refractivity contribution in [2.75, 3.05) is 5.32 Å². The van der Waals surface area contributed by atoms with Crippen LogP contribution in [0.4, 0.5) is 11.4 Å². The molecule has 18 heavy (non-hydrogen) atoms. The Morgan fingerprint density at radius 3 is 2.61 bits per heavy atom. The van der Waals surface area contributed by atoms with Crippen LogP contribution in [0.5, 0.6) is 0 Å². The van der Waals surface area contributed by atoms with Crippen molar-refractivity contribution in [2.45, 2.75) is 32.7 Å². The zero-order valence-electron chi connectivity index (χ0n) is 10.7. The smallest absolute Gasteiger partial charge is 0.271 e. The fourth-order valence-corrected chi connectivity index (χ4v) is 1.70. The number of hydrogen-bond donors (Lipinski definition) is 2. The van der Waals surface area contributed by atoms with Gasteiger partial charge in [-0.15, -0.1) is 0 Å². The third-order valence-corrected chi connectivity index (χ3v) is 2.52. The molecule has 98 valence electrons. The summed E-state index contributed by atoms with van der Waals surface area (Å²) in [5.41, 5.74) is 6.13. The molecule has 1 amide bonds. The summed E-state index contributed by atoms with van der Waals surface area (Å²) in [7, 11) is 0. The summed E-state index contributed by atoms with van der Waals surface area (Å²) in [6.45, 7) is 5.47. The molecule has 0 heterocycles. The van der Waals surface area contributed by atoms with Crippen LogP contribution in [0, 0.1) is 17.0 Å². The maximum Gasteiger partial charge on any atom is 0.271 e. The number of nitrogens with zero attached hydrogens (tertiary/aromatic N) is 1. The topological polar surface area (TPSA) is 98.3 Å². The molecular weight excluding hydrogens is 234 g/mol. The zero-order valence-corrected chi connectivity index (χ0v) is 10.7. The van der Waals surface area contributed by atoms with E-state index in [-0.39, 0.29) is 12.1 Å². The van der Waals surface area contributed by atoms with Crippen molar-refractivity contribution in [2.24, 2.45) is 5.73 Å². The molecule has 1 rings (SSSR count). The summed E-state index contributed by atoms with van der Waals surface area (Å²) in [6.07, 6.45) is 0.148. The Morgan fingerprint density at radius 1 is 1.50 bits per heavy atom. The van der Waals surface area contributed by atoms with E-state index in [1.807, 2.05) is 20.8 Å². The zero-order chi connectivity index (χ0) is 13.9. The van der Waals surface area contributed by atoms with Gasteiger partial charge >= 0.3 is 0 Å². The number of nitro benzene ring substituents is 1. The normalized spacial score (nSPS) is 11.1. The molecule has 1 aromatic carbocycles. The fraction of sp³-hybridized carbons (Fsp3) is 0.417. The van der Waals surface area contributed by atoms with E-state index in [9.17, 15) is 14.9 Å². The monoisotopic (exact) mass is 251 g/mol. The minimum atomic E-state index is -0.550. The van der Waals surface area contributed by atoms with Crippen LogP contribution in [0.15, 0.2) is 18.2 Å². The number of hydrogen-bond acceptors (Lipinski definition) is 4. The number of aryl methyl sites for hydroxylation is 1. The molecule has 3 N–H and O–H groups in total. The maximum atomic E-state index is 10.9. The van der Waals surface area contributed by atoms with Crippen molar-refractivity contribution in [3.8, 4) is 0 Å². The second-order valence-corrected chi connectivity index (χ2v) is 4.91. The van der Waals surface area contributed by atoms with Gasteiger partial charge in [0.25, 0.3) is 5.69 Å². The lowest BCUT2D eigenvalue weighted by Gasteiger charge is -2.27. The van der Waals surface area contributed by atoms with E-state index < -0.39 is 16.4 Å². The molecule has 0 fully saturated rings. The van der Waals surface area contributed by atoms with E-state index in [4.69, 9.17) is 5.73 Å². The van der Waals surface area contributed by atoms with E-state index in [1.165, 1.54) is 12.1 Å². The number of anilines is 1. The van der Waals surface area contributed by atoms with Crippen LogP contribution in [0.25, 0.3) is 0 Å². The predicted molar refractivity (Wildman–Crippen MR) is 69.3 cm³/mol. The molecule has 0 spiro atoms. The molecule has 0 saturated carbocycles. The van der Waals surface area contributed by atoms with E-state index >= 15 is 0 Å². The van der Waals surface area contributed by atoms with Gasteiger partial charge in [-0.2, -0.15) is 0 Å². The lowest BCUT2D eigenvalue weighted by atomic mass is 9.99. The number of nitrogens with one attached hydrogen (secondary N) is 1. The van der Waals surface area contributed by atoms with Gasteiger partial charge in [0.15, 0.2) is 0 Å². The molecule has 0 aliphatic carbocycles. The minimum absolute atomic E-state index is 0.0120. The predicted octanol–water partition coefficient (Wildman–Crippen LogP) is 1.97. The first-order valence-corrected chi connectivity index (χ1v) is 5.53. The summed E-state index contributed by atoms with van der Waals surface area (Å²) < 4.78 is 0. The average Bonchev–Trinajstić information content (AvgIpc) is 2.18. The van der Waals surface area contributed by atoms with Gasteiger partial charge in [-0.25, -0.2) is 0 Å². The summed E-state index contributed by atoms with van der Waals surface area (Å²) >= 11 is 0. The Morgan fingerprint density at radius 2 is 2.11 bits per heavy atom. The fourth-order valence-electron chi connectivity index (χ4n) is 1.70. The highest BCUT2D eigenvalue weighted by atomic mass is 16.6. The number of rotatable bonds is 5. The molecule has 0 aliphatic heterocycles. The molecule has 0 aliphatic rings. The number of non-ortho nitro benzene ring substituents is 1. The largest absolute Gasteiger partial charge is 0.379 e. The third-order valence-electron chi connectivity index (χ3n) is 2.52. The number of carbonyl (C=O) groups excluding carboxylic acids is 1. The molecule has 0 saturated heterocycles. The van der Waals surface area contributed by atoms with Crippen molar-refractivity contribution < 1.29 is 9.72 Å². The number of primary amides is 1. The van der Waals surface area contributed by atoms with E-state index in [0.29, 0.717) is 5.69 Å². The molecule has 6 heteroatoms. The molecule has 1 aromatic rings. The first kappa shape index (κ1) is 14.0. The van der Waals surface area contributed by atoms with Crippen LogP contribution in [-0.2, 0) is 4.79 Å².